The summed E-state index contributed by atoms with van der Waals surface area (Å²) in [4.78, 5) is 2.58. The van der Waals surface area contributed by atoms with Gasteiger partial charge in [0.1, 0.15) is 0 Å². The predicted octanol–water partition coefficient (Wildman–Crippen LogP) is 3.69. The fourth-order valence-corrected chi connectivity index (χ4v) is 3.06. The molecule has 1 aromatic carbocycles. The first-order valence-electron chi connectivity index (χ1n) is 6.90. The van der Waals surface area contributed by atoms with Crippen LogP contribution in [0.3, 0.4) is 0 Å². The molecule has 2 rings (SSSR count). The van der Waals surface area contributed by atoms with E-state index in [0.29, 0.717) is 0 Å². The zero-order chi connectivity index (χ0) is 12.8. The van der Waals surface area contributed by atoms with E-state index in [1.807, 2.05) is 7.05 Å². The number of rotatable bonds is 5. The summed E-state index contributed by atoms with van der Waals surface area (Å²) in [6.07, 6.45) is 4.04. The molecule has 1 saturated heterocycles. The van der Waals surface area contributed by atoms with E-state index in [9.17, 15) is 0 Å². The number of likely N-dealkylation sites (tertiary alicyclic amines) is 1. The number of benzene rings is 1. The predicted molar refractivity (Wildman–Crippen MR) is 87.9 cm³/mol. The van der Waals surface area contributed by atoms with Crippen LogP contribution in [0, 0.1) is 5.92 Å². The maximum absolute atomic E-state index is 3.63. The second-order valence-corrected chi connectivity index (χ2v) is 6.06. The Morgan fingerprint density at radius 2 is 1.95 bits per heavy atom. The van der Waals surface area contributed by atoms with Gasteiger partial charge in [0, 0.05) is 11.0 Å². The van der Waals surface area contributed by atoms with E-state index < -0.39 is 0 Å². The van der Waals surface area contributed by atoms with Crippen LogP contribution >= 0.6 is 28.3 Å². The first kappa shape index (κ1) is 17.0. The van der Waals surface area contributed by atoms with Gasteiger partial charge in [-0.05, 0) is 63.5 Å². The molecule has 0 spiro atoms. The SMILES string of the molecule is CNCCC1CCN(Cc2ccccc2Br)CC1.Cl. The lowest BCUT2D eigenvalue weighted by atomic mass is 9.93. The average molecular weight is 348 g/mol. The largest absolute Gasteiger partial charge is 0.320 e. The van der Waals surface area contributed by atoms with Gasteiger partial charge in [0.15, 0.2) is 0 Å². The molecule has 0 atom stereocenters. The summed E-state index contributed by atoms with van der Waals surface area (Å²) >= 11 is 3.63. The molecule has 1 heterocycles. The Balaban J connectivity index is 0.00000180. The van der Waals surface area contributed by atoms with Crippen molar-refractivity contribution in [3.05, 3.63) is 34.3 Å². The first-order valence-corrected chi connectivity index (χ1v) is 7.69. The van der Waals surface area contributed by atoms with E-state index in [-0.39, 0.29) is 12.4 Å². The Labute approximate surface area is 131 Å². The lowest BCUT2D eigenvalue weighted by molar-refractivity contribution is 0.172. The summed E-state index contributed by atoms with van der Waals surface area (Å²) in [5.74, 6) is 0.924. The van der Waals surface area contributed by atoms with Gasteiger partial charge in [0.2, 0.25) is 0 Å². The fraction of sp³-hybridized carbons (Fsp3) is 0.600. The van der Waals surface area contributed by atoms with E-state index >= 15 is 0 Å². The van der Waals surface area contributed by atoms with Crippen LogP contribution in [0.4, 0.5) is 0 Å². The van der Waals surface area contributed by atoms with Crippen LogP contribution in [-0.2, 0) is 6.54 Å². The van der Waals surface area contributed by atoms with Crippen molar-refractivity contribution in [1.82, 2.24) is 10.2 Å². The van der Waals surface area contributed by atoms with Gasteiger partial charge in [-0.3, -0.25) is 4.90 Å². The van der Waals surface area contributed by atoms with Crippen LogP contribution in [0.25, 0.3) is 0 Å². The van der Waals surface area contributed by atoms with Crippen molar-refractivity contribution in [2.24, 2.45) is 5.92 Å². The van der Waals surface area contributed by atoms with Crippen LogP contribution in [0.5, 0.6) is 0 Å². The third-order valence-electron chi connectivity index (χ3n) is 3.86. The highest BCUT2D eigenvalue weighted by molar-refractivity contribution is 9.10. The zero-order valence-electron chi connectivity index (χ0n) is 11.6. The molecular weight excluding hydrogens is 324 g/mol. The third-order valence-corrected chi connectivity index (χ3v) is 4.64. The fourth-order valence-electron chi connectivity index (χ4n) is 2.65. The Morgan fingerprint density at radius 3 is 2.58 bits per heavy atom. The van der Waals surface area contributed by atoms with Crippen molar-refractivity contribution >= 4 is 28.3 Å². The van der Waals surface area contributed by atoms with Crippen molar-refractivity contribution in [2.45, 2.75) is 25.8 Å². The molecule has 0 aromatic heterocycles. The van der Waals surface area contributed by atoms with Crippen molar-refractivity contribution in [3.8, 4) is 0 Å². The maximum Gasteiger partial charge on any atom is 0.0244 e. The number of hydrogen-bond acceptors (Lipinski definition) is 2. The monoisotopic (exact) mass is 346 g/mol. The average Bonchev–Trinajstić information content (AvgIpc) is 2.41. The minimum Gasteiger partial charge on any atom is -0.320 e. The normalized spacial score (nSPS) is 17.2. The highest BCUT2D eigenvalue weighted by atomic mass is 79.9. The van der Waals surface area contributed by atoms with Crippen LogP contribution in [0.2, 0.25) is 0 Å². The minimum absolute atomic E-state index is 0. The molecule has 1 aliphatic heterocycles. The second kappa shape index (κ2) is 8.96. The number of halogens is 2. The third kappa shape index (κ3) is 5.42. The summed E-state index contributed by atoms with van der Waals surface area (Å²) in [6.45, 7) is 4.74. The number of nitrogens with zero attached hydrogens (tertiary/aromatic N) is 1. The lowest BCUT2D eigenvalue weighted by Gasteiger charge is -2.32. The molecule has 1 aliphatic rings. The minimum atomic E-state index is 0. The van der Waals surface area contributed by atoms with E-state index in [1.54, 1.807) is 0 Å². The molecule has 0 saturated carbocycles. The van der Waals surface area contributed by atoms with Crippen LogP contribution < -0.4 is 5.32 Å². The Hall–Kier alpha value is -0.0900. The standard InChI is InChI=1S/C15H23BrN2.ClH/c1-17-9-6-13-7-10-18(11-8-13)12-14-4-2-3-5-15(14)16;/h2-5,13,17H,6-12H2,1H3;1H. The molecule has 1 aromatic rings. The highest BCUT2D eigenvalue weighted by Gasteiger charge is 2.19. The molecule has 1 fully saturated rings. The number of piperidine rings is 1. The second-order valence-electron chi connectivity index (χ2n) is 5.20. The molecule has 0 bridgehead atoms. The lowest BCUT2D eigenvalue weighted by Crippen LogP contribution is -2.34. The summed E-state index contributed by atoms with van der Waals surface area (Å²) in [6, 6.07) is 8.56. The van der Waals surface area contributed by atoms with Gasteiger partial charge in [-0.15, -0.1) is 12.4 Å². The molecule has 4 heteroatoms. The van der Waals surface area contributed by atoms with E-state index in [0.717, 1.165) is 19.0 Å². The van der Waals surface area contributed by atoms with Gasteiger partial charge in [-0.2, -0.15) is 0 Å². The molecule has 0 radical (unpaired) electrons. The Kier molecular flexibility index (Phi) is 8.00. The number of nitrogens with one attached hydrogen (secondary N) is 1. The molecule has 0 aliphatic carbocycles. The molecule has 2 nitrogen and oxygen atoms in total. The highest BCUT2D eigenvalue weighted by Crippen LogP contribution is 2.23. The van der Waals surface area contributed by atoms with Gasteiger partial charge in [0.25, 0.3) is 0 Å². The molecule has 1 N–H and O–H groups in total. The van der Waals surface area contributed by atoms with Crippen molar-refractivity contribution in [2.75, 3.05) is 26.7 Å². The molecule has 19 heavy (non-hydrogen) atoms. The van der Waals surface area contributed by atoms with E-state index in [4.69, 9.17) is 0 Å². The van der Waals surface area contributed by atoms with Crippen molar-refractivity contribution in [3.63, 3.8) is 0 Å². The molecule has 0 unspecified atom stereocenters. The summed E-state index contributed by atoms with van der Waals surface area (Å²) < 4.78 is 1.24. The quantitative estimate of drug-likeness (QED) is 0.874. The smallest absolute Gasteiger partial charge is 0.0244 e. The Morgan fingerprint density at radius 1 is 1.26 bits per heavy atom. The summed E-state index contributed by atoms with van der Waals surface area (Å²) in [7, 11) is 2.04. The maximum atomic E-state index is 3.63. The summed E-state index contributed by atoms with van der Waals surface area (Å²) in [5, 5.41) is 3.25. The van der Waals surface area contributed by atoms with Crippen LogP contribution in [0.1, 0.15) is 24.8 Å². The van der Waals surface area contributed by atoms with Gasteiger partial charge >= 0.3 is 0 Å². The van der Waals surface area contributed by atoms with Crippen LogP contribution in [-0.4, -0.2) is 31.6 Å². The van der Waals surface area contributed by atoms with E-state index in [1.165, 1.54) is 42.4 Å². The van der Waals surface area contributed by atoms with Gasteiger partial charge in [-0.1, -0.05) is 34.1 Å². The topological polar surface area (TPSA) is 15.3 Å². The molecule has 108 valence electrons. The zero-order valence-corrected chi connectivity index (χ0v) is 14.0. The van der Waals surface area contributed by atoms with Crippen LogP contribution in [0.15, 0.2) is 28.7 Å². The Bertz CT molecular complexity index is 365. The van der Waals surface area contributed by atoms with Crippen molar-refractivity contribution < 1.29 is 0 Å². The van der Waals surface area contributed by atoms with Gasteiger partial charge in [0.05, 0.1) is 0 Å². The van der Waals surface area contributed by atoms with Gasteiger partial charge < -0.3 is 5.32 Å². The van der Waals surface area contributed by atoms with E-state index in [2.05, 4.69) is 50.4 Å². The molecular formula is C15H24BrClN2. The number of hydrogen-bond donors (Lipinski definition) is 1. The van der Waals surface area contributed by atoms with Crippen molar-refractivity contribution in [1.29, 1.82) is 0 Å². The summed E-state index contributed by atoms with van der Waals surface area (Å²) in [5.41, 5.74) is 1.41. The first-order chi connectivity index (χ1) is 8.79. The molecule has 0 amide bonds. The van der Waals surface area contributed by atoms with Gasteiger partial charge in [-0.25, -0.2) is 0 Å².